The molecule has 0 saturated heterocycles. The Bertz CT molecular complexity index is 1370. The standard InChI is InChI=1S/C31H37N2O4.ClH/c1-3-4-5-6-7-8-9-23-22-10-11-26(35-2)31-29(22)25(13-14-32(31)16-17-34)33-15-12-21-18-27-28(37-20-36-27)19-24(21)30(23)33;/h10-11,13-14,18-19,34H,3-9,12,15-17,20H2,1-2H3;1H/q+1;/p-1. The Labute approximate surface area is 231 Å². The van der Waals surface area contributed by atoms with Crippen molar-refractivity contribution in [3.8, 4) is 17.2 Å². The molecular weight excluding hydrogens is 500 g/mol. The van der Waals surface area contributed by atoms with Crippen LogP contribution in [0.1, 0.15) is 68.6 Å². The van der Waals surface area contributed by atoms with Crippen LogP contribution in [0.2, 0.25) is 0 Å². The Morgan fingerprint density at radius 3 is 2.58 bits per heavy atom. The third-order valence-electron chi connectivity index (χ3n) is 8.07. The molecule has 6 rings (SSSR count). The van der Waals surface area contributed by atoms with Gasteiger partial charge in [-0.25, -0.2) is 0 Å². The van der Waals surface area contributed by atoms with Gasteiger partial charge in [-0.15, -0.1) is 0 Å². The average Bonchev–Trinajstić information content (AvgIpc) is 3.38. The van der Waals surface area contributed by atoms with Gasteiger partial charge in [0.15, 0.2) is 30.0 Å². The lowest BCUT2D eigenvalue weighted by molar-refractivity contribution is -0.672. The van der Waals surface area contributed by atoms with Gasteiger partial charge in [0.05, 0.1) is 23.9 Å². The number of hydrogen-bond acceptors (Lipinski definition) is 5. The van der Waals surface area contributed by atoms with Crippen molar-refractivity contribution in [3.05, 3.63) is 53.2 Å². The van der Waals surface area contributed by atoms with Crippen LogP contribution >= 0.6 is 0 Å². The van der Waals surface area contributed by atoms with E-state index < -0.39 is 0 Å². The molecule has 0 amide bonds. The van der Waals surface area contributed by atoms with Crippen molar-refractivity contribution in [2.75, 3.05) is 32.0 Å². The first kappa shape index (κ1) is 26.6. The van der Waals surface area contributed by atoms with E-state index in [1.807, 2.05) is 0 Å². The van der Waals surface area contributed by atoms with E-state index in [1.165, 1.54) is 77.6 Å². The molecule has 0 saturated carbocycles. The number of benzene rings is 2. The van der Waals surface area contributed by atoms with Crippen LogP contribution in [0.4, 0.5) is 5.69 Å². The molecule has 1 N–H and O–H groups in total. The van der Waals surface area contributed by atoms with Crippen LogP contribution in [0.25, 0.3) is 22.2 Å². The van der Waals surface area contributed by atoms with Gasteiger partial charge in [-0.2, -0.15) is 4.57 Å². The topological polar surface area (TPSA) is 55.0 Å². The highest BCUT2D eigenvalue weighted by Crippen LogP contribution is 2.51. The summed E-state index contributed by atoms with van der Waals surface area (Å²) in [5, 5.41) is 11.0. The van der Waals surface area contributed by atoms with Gasteiger partial charge in [0.1, 0.15) is 6.61 Å². The van der Waals surface area contributed by atoms with Crippen molar-refractivity contribution in [2.24, 2.45) is 0 Å². The molecule has 202 valence electrons. The lowest BCUT2D eigenvalue weighted by Gasteiger charge is -2.39. The normalized spacial score (nSPS) is 14.9. The van der Waals surface area contributed by atoms with E-state index in [-0.39, 0.29) is 19.0 Å². The summed E-state index contributed by atoms with van der Waals surface area (Å²) in [6.45, 7) is 4.09. The largest absolute Gasteiger partial charge is 1.00 e. The third kappa shape index (κ3) is 4.48. The molecule has 0 unspecified atom stereocenters. The second-order valence-electron chi connectivity index (χ2n) is 10.3. The Balaban J connectivity index is 0.00000294. The minimum Gasteiger partial charge on any atom is -1.00 e. The van der Waals surface area contributed by atoms with Crippen LogP contribution in [0, 0.1) is 0 Å². The van der Waals surface area contributed by atoms with E-state index in [9.17, 15) is 5.11 Å². The molecular formula is C31H37ClN2O4. The molecule has 3 aromatic rings. The highest BCUT2D eigenvalue weighted by molar-refractivity contribution is 6.14. The van der Waals surface area contributed by atoms with Crippen molar-refractivity contribution in [3.63, 3.8) is 0 Å². The number of aliphatic hydroxyl groups is 1. The SMILES string of the molecule is CCCCCCCCC1=C2c3cc4c(cc3CCN2c2cc[n+](CCO)c3c(OC)ccc1c23)OCO4.[Cl-]. The number of allylic oxidation sites excluding steroid dienone is 1. The van der Waals surface area contributed by atoms with Crippen LogP contribution in [0.5, 0.6) is 17.2 Å². The maximum Gasteiger partial charge on any atom is 0.257 e. The number of ether oxygens (including phenoxy) is 3. The third-order valence-corrected chi connectivity index (χ3v) is 8.07. The summed E-state index contributed by atoms with van der Waals surface area (Å²) in [5.41, 5.74) is 8.85. The molecule has 3 aliphatic rings. The number of unbranched alkanes of at least 4 members (excludes halogenated alkanes) is 5. The number of pyridine rings is 1. The first-order chi connectivity index (χ1) is 18.2. The molecule has 0 spiro atoms. The molecule has 0 fully saturated rings. The summed E-state index contributed by atoms with van der Waals surface area (Å²) >= 11 is 0. The fourth-order valence-electron chi connectivity index (χ4n) is 6.30. The number of halogens is 1. The number of aromatic nitrogens is 1. The minimum atomic E-state index is 0. The molecule has 2 aromatic carbocycles. The highest BCUT2D eigenvalue weighted by Gasteiger charge is 2.36. The van der Waals surface area contributed by atoms with Gasteiger partial charge in [0, 0.05) is 18.2 Å². The maximum absolute atomic E-state index is 9.78. The molecule has 0 bridgehead atoms. The number of hydrogen-bond donors (Lipinski definition) is 1. The zero-order chi connectivity index (χ0) is 25.4. The van der Waals surface area contributed by atoms with E-state index in [2.05, 4.69) is 52.9 Å². The summed E-state index contributed by atoms with van der Waals surface area (Å²) in [7, 11) is 1.73. The predicted octanol–water partition coefficient (Wildman–Crippen LogP) is 2.86. The van der Waals surface area contributed by atoms with Crippen LogP contribution in [0.3, 0.4) is 0 Å². The van der Waals surface area contributed by atoms with Crippen molar-refractivity contribution >= 4 is 27.9 Å². The Morgan fingerprint density at radius 2 is 1.79 bits per heavy atom. The molecule has 3 aliphatic heterocycles. The van der Waals surface area contributed by atoms with E-state index in [0.29, 0.717) is 13.3 Å². The van der Waals surface area contributed by atoms with Crippen molar-refractivity contribution < 1.29 is 36.3 Å². The zero-order valence-corrected chi connectivity index (χ0v) is 23.1. The fraction of sp³-hybridized carbons (Fsp3) is 0.452. The summed E-state index contributed by atoms with van der Waals surface area (Å²) in [6, 6.07) is 10.9. The maximum atomic E-state index is 9.78. The lowest BCUT2D eigenvalue weighted by atomic mass is 9.83. The molecule has 4 heterocycles. The number of rotatable bonds is 10. The number of nitrogens with zero attached hydrogens (tertiary/aromatic N) is 2. The molecule has 38 heavy (non-hydrogen) atoms. The second-order valence-corrected chi connectivity index (χ2v) is 10.3. The highest BCUT2D eigenvalue weighted by atomic mass is 35.5. The van der Waals surface area contributed by atoms with Gasteiger partial charge in [0.25, 0.3) is 5.52 Å². The van der Waals surface area contributed by atoms with Gasteiger partial charge < -0.3 is 36.6 Å². The van der Waals surface area contributed by atoms with Crippen molar-refractivity contribution in [2.45, 2.75) is 64.8 Å². The molecule has 0 aliphatic carbocycles. The van der Waals surface area contributed by atoms with Gasteiger partial charge >= 0.3 is 0 Å². The summed E-state index contributed by atoms with van der Waals surface area (Å²) in [6.07, 6.45) is 11.7. The summed E-state index contributed by atoms with van der Waals surface area (Å²) in [5.74, 6) is 2.54. The molecule has 0 radical (unpaired) electrons. The summed E-state index contributed by atoms with van der Waals surface area (Å²) in [4.78, 5) is 2.51. The zero-order valence-electron chi connectivity index (χ0n) is 22.4. The quantitative estimate of drug-likeness (QED) is 0.319. The summed E-state index contributed by atoms with van der Waals surface area (Å²) < 4.78 is 19.5. The van der Waals surface area contributed by atoms with Crippen LogP contribution in [-0.4, -0.2) is 32.2 Å². The molecule has 6 nitrogen and oxygen atoms in total. The van der Waals surface area contributed by atoms with Gasteiger partial charge in [-0.3, -0.25) is 0 Å². The predicted molar refractivity (Wildman–Crippen MR) is 146 cm³/mol. The minimum absolute atomic E-state index is 0. The van der Waals surface area contributed by atoms with Gasteiger partial charge in [0.2, 0.25) is 6.79 Å². The average molecular weight is 537 g/mol. The monoisotopic (exact) mass is 536 g/mol. The number of methoxy groups -OCH3 is 1. The lowest BCUT2D eigenvalue weighted by Crippen LogP contribution is -3.00. The van der Waals surface area contributed by atoms with Gasteiger partial charge in [-0.1, -0.05) is 39.0 Å². The molecule has 1 aromatic heterocycles. The first-order valence-electron chi connectivity index (χ1n) is 13.8. The Kier molecular flexibility index (Phi) is 8.01. The van der Waals surface area contributed by atoms with E-state index in [0.717, 1.165) is 42.2 Å². The van der Waals surface area contributed by atoms with E-state index in [1.54, 1.807) is 7.11 Å². The Morgan fingerprint density at radius 1 is 1.00 bits per heavy atom. The smallest absolute Gasteiger partial charge is 0.257 e. The number of anilines is 1. The van der Waals surface area contributed by atoms with Crippen LogP contribution in [0.15, 0.2) is 36.5 Å². The number of fused-ring (bicyclic) bond motifs is 5. The molecule has 0 atom stereocenters. The first-order valence-corrected chi connectivity index (χ1v) is 13.8. The fourth-order valence-corrected chi connectivity index (χ4v) is 6.30. The van der Waals surface area contributed by atoms with E-state index >= 15 is 0 Å². The van der Waals surface area contributed by atoms with E-state index in [4.69, 9.17) is 14.2 Å². The van der Waals surface area contributed by atoms with Gasteiger partial charge in [-0.05, 0) is 60.2 Å². The van der Waals surface area contributed by atoms with Crippen LogP contribution < -0.4 is 36.1 Å². The van der Waals surface area contributed by atoms with Crippen LogP contribution in [-0.2, 0) is 13.0 Å². The molecule has 7 heteroatoms. The Hall–Kier alpha value is -2.96. The second kappa shape index (κ2) is 11.4. The van der Waals surface area contributed by atoms with Crippen molar-refractivity contribution in [1.82, 2.24) is 0 Å². The van der Waals surface area contributed by atoms with Crippen molar-refractivity contribution in [1.29, 1.82) is 0 Å². The number of aliphatic hydroxyl groups excluding tert-OH is 1.